The van der Waals surface area contributed by atoms with Crippen LogP contribution < -0.4 is 5.32 Å². The molecule has 0 fully saturated rings. The van der Waals surface area contributed by atoms with E-state index in [1.807, 2.05) is 29.8 Å². The SMILES string of the molecule is CC(C(=O)NCC(C(=O)O)c1ccccc1)c1ccsc1. The minimum absolute atomic E-state index is 0.0899. The maximum atomic E-state index is 12.1. The molecule has 0 saturated carbocycles. The van der Waals surface area contributed by atoms with Crippen LogP contribution >= 0.6 is 11.3 Å². The van der Waals surface area contributed by atoms with Crippen molar-refractivity contribution in [1.29, 1.82) is 0 Å². The predicted molar refractivity (Wildman–Crippen MR) is 82.6 cm³/mol. The smallest absolute Gasteiger partial charge is 0.312 e. The van der Waals surface area contributed by atoms with E-state index in [-0.39, 0.29) is 18.4 Å². The summed E-state index contributed by atoms with van der Waals surface area (Å²) in [6, 6.07) is 10.8. The first-order chi connectivity index (χ1) is 10.1. The molecule has 0 radical (unpaired) electrons. The fraction of sp³-hybridized carbons (Fsp3) is 0.250. The van der Waals surface area contributed by atoms with Crippen molar-refractivity contribution in [3.05, 3.63) is 58.3 Å². The molecule has 110 valence electrons. The molecule has 2 rings (SSSR count). The fourth-order valence-corrected chi connectivity index (χ4v) is 2.82. The van der Waals surface area contributed by atoms with Gasteiger partial charge in [-0.1, -0.05) is 30.3 Å². The average Bonchev–Trinajstić information content (AvgIpc) is 3.01. The summed E-state index contributed by atoms with van der Waals surface area (Å²) >= 11 is 1.54. The first kappa shape index (κ1) is 15.3. The molecule has 2 atom stereocenters. The van der Waals surface area contributed by atoms with Gasteiger partial charge < -0.3 is 10.4 Å². The highest BCUT2D eigenvalue weighted by Gasteiger charge is 2.22. The number of hydrogen-bond donors (Lipinski definition) is 2. The molecule has 1 aromatic carbocycles. The number of carbonyl (C=O) groups excluding carboxylic acids is 1. The Morgan fingerprint density at radius 3 is 2.48 bits per heavy atom. The number of carboxylic acids is 1. The van der Waals surface area contributed by atoms with Gasteiger partial charge in [0.25, 0.3) is 0 Å². The van der Waals surface area contributed by atoms with E-state index in [0.717, 1.165) is 5.56 Å². The van der Waals surface area contributed by atoms with Gasteiger partial charge in [0.1, 0.15) is 0 Å². The first-order valence-corrected chi connectivity index (χ1v) is 7.61. The Morgan fingerprint density at radius 1 is 1.19 bits per heavy atom. The van der Waals surface area contributed by atoms with Gasteiger partial charge in [0.05, 0.1) is 11.8 Å². The summed E-state index contributed by atoms with van der Waals surface area (Å²) in [5.74, 6) is -2.11. The molecule has 1 heterocycles. The Hall–Kier alpha value is -2.14. The van der Waals surface area contributed by atoms with Crippen molar-refractivity contribution in [1.82, 2.24) is 5.32 Å². The van der Waals surface area contributed by atoms with E-state index in [2.05, 4.69) is 5.32 Å². The van der Waals surface area contributed by atoms with Crippen LogP contribution in [0.5, 0.6) is 0 Å². The Morgan fingerprint density at radius 2 is 1.90 bits per heavy atom. The van der Waals surface area contributed by atoms with Gasteiger partial charge in [0.2, 0.25) is 5.91 Å². The number of thiophene rings is 1. The second-order valence-corrected chi connectivity index (χ2v) is 5.61. The number of rotatable bonds is 6. The molecule has 0 aliphatic heterocycles. The maximum Gasteiger partial charge on any atom is 0.312 e. The first-order valence-electron chi connectivity index (χ1n) is 6.67. The number of amides is 1. The minimum atomic E-state index is -0.940. The van der Waals surface area contributed by atoms with E-state index in [1.165, 1.54) is 11.3 Å². The number of nitrogens with one attached hydrogen (secondary N) is 1. The number of aliphatic carboxylic acids is 1. The summed E-state index contributed by atoms with van der Waals surface area (Å²) in [5, 5.41) is 15.9. The van der Waals surface area contributed by atoms with E-state index >= 15 is 0 Å². The van der Waals surface area contributed by atoms with E-state index in [1.54, 1.807) is 24.3 Å². The summed E-state index contributed by atoms with van der Waals surface area (Å²) < 4.78 is 0. The molecule has 1 aromatic heterocycles. The van der Waals surface area contributed by atoms with Crippen LogP contribution in [0.25, 0.3) is 0 Å². The largest absolute Gasteiger partial charge is 0.481 e. The fourth-order valence-electron chi connectivity index (χ4n) is 2.06. The zero-order valence-corrected chi connectivity index (χ0v) is 12.5. The lowest BCUT2D eigenvalue weighted by Crippen LogP contribution is -2.34. The van der Waals surface area contributed by atoms with Gasteiger partial charge in [0, 0.05) is 6.54 Å². The molecule has 2 aromatic rings. The Kier molecular flexibility index (Phi) is 5.11. The van der Waals surface area contributed by atoms with Gasteiger partial charge in [-0.15, -0.1) is 0 Å². The summed E-state index contributed by atoms with van der Waals surface area (Å²) in [6.45, 7) is 1.91. The second-order valence-electron chi connectivity index (χ2n) is 4.83. The molecule has 2 unspecified atom stereocenters. The molecule has 4 nitrogen and oxygen atoms in total. The number of hydrogen-bond acceptors (Lipinski definition) is 3. The Bertz CT molecular complexity index is 595. The van der Waals surface area contributed by atoms with Crippen molar-refractivity contribution in [3.63, 3.8) is 0 Å². The van der Waals surface area contributed by atoms with Crippen molar-refractivity contribution < 1.29 is 14.7 Å². The topological polar surface area (TPSA) is 66.4 Å². The van der Waals surface area contributed by atoms with Crippen LogP contribution in [0.2, 0.25) is 0 Å². The standard InChI is InChI=1S/C16H17NO3S/c1-11(13-7-8-21-10-13)15(18)17-9-14(16(19)20)12-5-3-2-4-6-12/h2-8,10-11,14H,9H2,1H3,(H,17,18)(H,19,20). The van der Waals surface area contributed by atoms with E-state index in [0.29, 0.717) is 5.56 Å². The monoisotopic (exact) mass is 303 g/mol. The van der Waals surface area contributed by atoms with Crippen molar-refractivity contribution in [2.24, 2.45) is 0 Å². The number of carboxylic acid groups (broad SMARTS) is 1. The molecule has 0 aliphatic rings. The number of benzene rings is 1. The van der Waals surface area contributed by atoms with Crippen LogP contribution in [0.4, 0.5) is 0 Å². The zero-order chi connectivity index (χ0) is 15.2. The van der Waals surface area contributed by atoms with Crippen LogP contribution in [0.1, 0.15) is 29.9 Å². The molecule has 5 heteroatoms. The lowest BCUT2D eigenvalue weighted by molar-refractivity contribution is -0.138. The third-order valence-corrected chi connectivity index (χ3v) is 4.12. The van der Waals surface area contributed by atoms with Gasteiger partial charge >= 0.3 is 5.97 Å². The van der Waals surface area contributed by atoms with Gasteiger partial charge in [-0.2, -0.15) is 11.3 Å². The molecule has 21 heavy (non-hydrogen) atoms. The normalized spacial score (nSPS) is 13.4. The van der Waals surface area contributed by atoms with E-state index in [4.69, 9.17) is 0 Å². The predicted octanol–water partition coefficient (Wildman–Crippen LogP) is 2.84. The van der Waals surface area contributed by atoms with E-state index < -0.39 is 11.9 Å². The van der Waals surface area contributed by atoms with Crippen LogP contribution in [-0.2, 0) is 9.59 Å². The van der Waals surface area contributed by atoms with Gasteiger partial charge in [-0.3, -0.25) is 9.59 Å². The van der Waals surface area contributed by atoms with Crippen molar-refractivity contribution in [3.8, 4) is 0 Å². The molecule has 1 amide bonds. The molecular weight excluding hydrogens is 286 g/mol. The van der Waals surface area contributed by atoms with Crippen molar-refractivity contribution in [2.45, 2.75) is 18.8 Å². The molecule has 0 aliphatic carbocycles. The molecule has 0 saturated heterocycles. The highest BCUT2D eigenvalue weighted by molar-refractivity contribution is 7.08. The molecule has 2 N–H and O–H groups in total. The van der Waals surface area contributed by atoms with Gasteiger partial charge in [-0.25, -0.2) is 0 Å². The third kappa shape index (κ3) is 3.92. The summed E-state index contributed by atoms with van der Waals surface area (Å²) in [7, 11) is 0. The van der Waals surface area contributed by atoms with Crippen LogP contribution in [0.3, 0.4) is 0 Å². The van der Waals surface area contributed by atoms with E-state index in [9.17, 15) is 14.7 Å². The lowest BCUT2D eigenvalue weighted by atomic mass is 9.98. The van der Waals surface area contributed by atoms with Crippen molar-refractivity contribution >= 4 is 23.2 Å². The van der Waals surface area contributed by atoms with Crippen LogP contribution in [0.15, 0.2) is 47.2 Å². The van der Waals surface area contributed by atoms with Gasteiger partial charge in [0.15, 0.2) is 0 Å². The molecule has 0 bridgehead atoms. The second kappa shape index (κ2) is 7.04. The highest BCUT2D eigenvalue weighted by Crippen LogP contribution is 2.19. The summed E-state index contributed by atoms with van der Waals surface area (Å²) in [5.41, 5.74) is 1.64. The summed E-state index contributed by atoms with van der Waals surface area (Å²) in [4.78, 5) is 23.5. The Labute approximate surface area is 127 Å². The van der Waals surface area contributed by atoms with Crippen LogP contribution in [0, 0.1) is 0 Å². The van der Waals surface area contributed by atoms with Crippen molar-refractivity contribution in [2.75, 3.05) is 6.54 Å². The zero-order valence-electron chi connectivity index (χ0n) is 11.7. The van der Waals surface area contributed by atoms with Crippen LogP contribution in [-0.4, -0.2) is 23.5 Å². The molecule has 0 spiro atoms. The average molecular weight is 303 g/mol. The summed E-state index contributed by atoms with van der Waals surface area (Å²) in [6.07, 6.45) is 0. The highest BCUT2D eigenvalue weighted by atomic mass is 32.1. The lowest BCUT2D eigenvalue weighted by Gasteiger charge is -2.16. The quantitative estimate of drug-likeness (QED) is 0.862. The third-order valence-electron chi connectivity index (χ3n) is 3.42. The Balaban J connectivity index is 1.99. The minimum Gasteiger partial charge on any atom is -0.481 e. The number of carbonyl (C=O) groups is 2. The van der Waals surface area contributed by atoms with Gasteiger partial charge in [-0.05, 0) is 34.9 Å². The molecular formula is C16H17NO3S. The maximum absolute atomic E-state index is 12.1.